The zero-order valence-electron chi connectivity index (χ0n) is 14.4. The SMILES string of the molecule is CCN(CC)C(=O)C(C)(C)C(=O)Nc1cccc(NC(C)=O)c1. The number of anilines is 2. The first-order valence-electron chi connectivity index (χ1n) is 7.70. The van der Waals surface area contributed by atoms with Crippen LogP contribution in [-0.4, -0.2) is 35.7 Å². The molecule has 0 bridgehead atoms. The van der Waals surface area contributed by atoms with Crippen LogP contribution in [0, 0.1) is 5.41 Å². The van der Waals surface area contributed by atoms with Gasteiger partial charge in [0.2, 0.25) is 17.7 Å². The molecule has 1 rings (SSSR count). The van der Waals surface area contributed by atoms with Crippen molar-refractivity contribution in [1.29, 1.82) is 0 Å². The van der Waals surface area contributed by atoms with Gasteiger partial charge >= 0.3 is 0 Å². The molecule has 0 atom stereocenters. The van der Waals surface area contributed by atoms with E-state index in [4.69, 9.17) is 0 Å². The van der Waals surface area contributed by atoms with Gasteiger partial charge in [-0.1, -0.05) is 6.07 Å². The van der Waals surface area contributed by atoms with Gasteiger partial charge in [0.1, 0.15) is 5.41 Å². The van der Waals surface area contributed by atoms with Gasteiger partial charge < -0.3 is 15.5 Å². The Morgan fingerprint density at radius 3 is 2.04 bits per heavy atom. The molecule has 6 nitrogen and oxygen atoms in total. The molecule has 0 aromatic heterocycles. The molecule has 0 saturated carbocycles. The van der Waals surface area contributed by atoms with E-state index < -0.39 is 5.41 Å². The summed E-state index contributed by atoms with van der Waals surface area (Å²) in [6, 6.07) is 6.81. The Hall–Kier alpha value is -2.37. The summed E-state index contributed by atoms with van der Waals surface area (Å²) in [4.78, 5) is 37.7. The van der Waals surface area contributed by atoms with E-state index in [0.29, 0.717) is 24.5 Å². The average molecular weight is 319 g/mol. The van der Waals surface area contributed by atoms with Gasteiger partial charge in [-0.25, -0.2) is 0 Å². The van der Waals surface area contributed by atoms with Gasteiger partial charge in [-0.3, -0.25) is 14.4 Å². The van der Waals surface area contributed by atoms with E-state index in [1.165, 1.54) is 6.92 Å². The number of hydrogen-bond donors (Lipinski definition) is 2. The fourth-order valence-electron chi connectivity index (χ4n) is 2.17. The number of nitrogens with zero attached hydrogens (tertiary/aromatic N) is 1. The van der Waals surface area contributed by atoms with E-state index >= 15 is 0 Å². The van der Waals surface area contributed by atoms with Gasteiger partial charge in [0.25, 0.3) is 0 Å². The van der Waals surface area contributed by atoms with Crippen LogP contribution in [0.25, 0.3) is 0 Å². The lowest BCUT2D eigenvalue weighted by Gasteiger charge is -2.29. The minimum absolute atomic E-state index is 0.189. The van der Waals surface area contributed by atoms with Gasteiger partial charge in [0, 0.05) is 31.4 Å². The lowest BCUT2D eigenvalue weighted by atomic mass is 9.90. The summed E-state index contributed by atoms with van der Waals surface area (Å²) in [5.74, 6) is -0.780. The van der Waals surface area contributed by atoms with Gasteiger partial charge in [0.05, 0.1) is 0 Å². The Morgan fingerprint density at radius 1 is 1.04 bits per heavy atom. The fourth-order valence-corrected chi connectivity index (χ4v) is 2.17. The van der Waals surface area contributed by atoms with E-state index in [-0.39, 0.29) is 17.7 Å². The van der Waals surface area contributed by atoms with Crippen molar-refractivity contribution in [2.24, 2.45) is 5.41 Å². The quantitative estimate of drug-likeness (QED) is 0.791. The number of carbonyl (C=O) groups is 3. The molecule has 0 fully saturated rings. The van der Waals surface area contributed by atoms with E-state index in [1.54, 1.807) is 43.0 Å². The molecular formula is C17H25N3O3. The maximum atomic E-state index is 12.5. The van der Waals surface area contributed by atoms with E-state index in [9.17, 15) is 14.4 Å². The lowest BCUT2D eigenvalue weighted by Crippen LogP contribution is -2.47. The molecule has 1 aromatic rings. The first kappa shape index (κ1) is 18.7. The minimum Gasteiger partial charge on any atom is -0.342 e. The van der Waals surface area contributed by atoms with E-state index in [2.05, 4.69) is 10.6 Å². The van der Waals surface area contributed by atoms with E-state index in [1.807, 2.05) is 13.8 Å². The number of carbonyl (C=O) groups excluding carboxylic acids is 3. The number of nitrogens with one attached hydrogen (secondary N) is 2. The van der Waals surface area contributed by atoms with Crippen LogP contribution in [0.4, 0.5) is 11.4 Å². The topological polar surface area (TPSA) is 78.5 Å². The lowest BCUT2D eigenvalue weighted by molar-refractivity contribution is -0.146. The highest BCUT2D eigenvalue weighted by molar-refractivity contribution is 6.10. The summed E-state index contributed by atoms with van der Waals surface area (Å²) in [6.45, 7) is 9.52. The molecule has 0 aliphatic rings. The number of rotatable bonds is 6. The molecule has 0 aliphatic heterocycles. The summed E-state index contributed by atoms with van der Waals surface area (Å²) in [7, 11) is 0. The van der Waals surface area contributed by atoms with Gasteiger partial charge in [0.15, 0.2) is 0 Å². The molecule has 0 aliphatic carbocycles. The molecule has 0 unspecified atom stereocenters. The summed E-state index contributed by atoms with van der Waals surface area (Å²) < 4.78 is 0. The molecule has 2 N–H and O–H groups in total. The monoisotopic (exact) mass is 319 g/mol. The number of hydrogen-bond acceptors (Lipinski definition) is 3. The second-order valence-corrected chi connectivity index (χ2v) is 5.82. The van der Waals surface area contributed by atoms with Crippen molar-refractivity contribution in [3.05, 3.63) is 24.3 Å². The van der Waals surface area contributed by atoms with Gasteiger partial charge in [-0.15, -0.1) is 0 Å². The first-order chi connectivity index (χ1) is 10.7. The van der Waals surface area contributed by atoms with E-state index in [0.717, 1.165) is 0 Å². The van der Waals surface area contributed by atoms with Crippen molar-refractivity contribution >= 4 is 29.1 Å². The Bertz CT molecular complexity index is 593. The average Bonchev–Trinajstić information content (AvgIpc) is 2.47. The predicted molar refractivity (Wildman–Crippen MR) is 91.1 cm³/mol. The molecule has 3 amide bonds. The zero-order chi connectivity index (χ0) is 17.6. The third-order valence-electron chi connectivity index (χ3n) is 3.59. The van der Waals surface area contributed by atoms with Crippen LogP contribution in [0.15, 0.2) is 24.3 Å². The molecule has 6 heteroatoms. The number of benzene rings is 1. The summed E-state index contributed by atoms with van der Waals surface area (Å²) >= 11 is 0. The van der Waals surface area contributed by atoms with Crippen LogP contribution in [-0.2, 0) is 14.4 Å². The van der Waals surface area contributed by atoms with Crippen LogP contribution >= 0.6 is 0 Å². The maximum Gasteiger partial charge on any atom is 0.239 e. The Kier molecular flexibility index (Phi) is 6.30. The molecule has 23 heavy (non-hydrogen) atoms. The second-order valence-electron chi connectivity index (χ2n) is 5.82. The Balaban J connectivity index is 2.89. The second kappa shape index (κ2) is 7.76. The zero-order valence-corrected chi connectivity index (χ0v) is 14.4. The fraction of sp³-hybridized carbons (Fsp3) is 0.471. The summed E-state index contributed by atoms with van der Waals surface area (Å²) in [5, 5.41) is 5.39. The standard InChI is InChI=1S/C17H25N3O3/c1-6-20(7-2)16(23)17(4,5)15(22)19-14-10-8-9-13(11-14)18-12(3)21/h8-11H,6-7H2,1-5H3,(H,18,21)(H,19,22). The van der Waals surface area contributed by atoms with Crippen molar-refractivity contribution in [1.82, 2.24) is 4.90 Å². The molecule has 126 valence electrons. The molecule has 0 spiro atoms. The highest BCUT2D eigenvalue weighted by atomic mass is 16.2. The molecule has 0 radical (unpaired) electrons. The third-order valence-corrected chi connectivity index (χ3v) is 3.59. The highest BCUT2D eigenvalue weighted by Gasteiger charge is 2.38. The van der Waals surface area contributed by atoms with Crippen molar-refractivity contribution in [3.63, 3.8) is 0 Å². The van der Waals surface area contributed by atoms with Crippen LogP contribution < -0.4 is 10.6 Å². The van der Waals surface area contributed by atoms with Crippen LogP contribution in [0.1, 0.15) is 34.6 Å². The van der Waals surface area contributed by atoms with Gasteiger partial charge in [-0.2, -0.15) is 0 Å². The first-order valence-corrected chi connectivity index (χ1v) is 7.70. The van der Waals surface area contributed by atoms with Crippen LogP contribution in [0.5, 0.6) is 0 Å². The van der Waals surface area contributed by atoms with Crippen molar-refractivity contribution < 1.29 is 14.4 Å². The summed E-state index contributed by atoms with van der Waals surface area (Å²) in [5.41, 5.74) is -0.0550. The molecule has 0 heterocycles. The van der Waals surface area contributed by atoms with Crippen molar-refractivity contribution in [3.8, 4) is 0 Å². The van der Waals surface area contributed by atoms with Gasteiger partial charge in [-0.05, 0) is 45.9 Å². The summed E-state index contributed by atoms with van der Waals surface area (Å²) in [6.07, 6.45) is 0. The Morgan fingerprint density at radius 2 is 1.57 bits per heavy atom. The number of amides is 3. The smallest absolute Gasteiger partial charge is 0.239 e. The molecule has 0 saturated heterocycles. The third kappa shape index (κ3) is 4.81. The molecular weight excluding hydrogens is 294 g/mol. The largest absolute Gasteiger partial charge is 0.342 e. The van der Waals surface area contributed by atoms with Crippen LogP contribution in [0.3, 0.4) is 0 Å². The maximum absolute atomic E-state index is 12.5. The Labute approximate surface area is 137 Å². The molecule has 1 aromatic carbocycles. The minimum atomic E-state index is -1.17. The normalized spacial score (nSPS) is 10.8. The van der Waals surface area contributed by atoms with Crippen LogP contribution in [0.2, 0.25) is 0 Å². The van der Waals surface area contributed by atoms with Crippen molar-refractivity contribution in [2.75, 3.05) is 23.7 Å². The predicted octanol–water partition coefficient (Wildman–Crippen LogP) is 2.48. The highest BCUT2D eigenvalue weighted by Crippen LogP contribution is 2.23. The van der Waals surface area contributed by atoms with Crippen molar-refractivity contribution in [2.45, 2.75) is 34.6 Å².